The van der Waals surface area contributed by atoms with E-state index in [1.165, 1.54) is 10.8 Å². The molecule has 1 aliphatic heterocycles. The monoisotopic (exact) mass is 648 g/mol. The van der Waals surface area contributed by atoms with Crippen LogP contribution in [-0.4, -0.2) is 82.6 Å². The molecule has 0 spiro atoms. The Morgan fingerprint density at radius 2 is 1.34 bits per heavy atom. The molecule has 32 heavy (non-hydrogen) atoms. The highest BCUT2D eigenvalue weighted by molar-refractivity contribution is 14.1. The summed E-state index contributed by atoms with van der Waals surface area (Å²) < 4.78 is 33.5. The summed E-state index contributed by atoms with van der Waals surface area (Å²) in [6, 6.07) is 0. The summed E-state index contributed by atoms with van der Waals surface area (Å²) in [7, 11) is -13.9. The molecule has 0 aromatic carbocycles. The zero-order valence-electron chi connectivity index (χ0n) is 15.3. The lowest BCUT2D eigenvalue weighted by atomic mass is 10.2. The van der Waals surface area contributed by atoms with Crippen LogP contribution in [-0.2, 0) is 18.4 Å². The average molecular weight is 648 g/mol. The van der Waals surface area contributed by atoms with Crippen LogP contribution in [0, 0.1) is 3.57 Å². The van der Waals surface area contributed by atoms with Crippen LogP contribution in [0.2, 0.25) is 0 Å². The van der Waals surface area contributed by atoms with Gasteiger partial charge < -0.3 is 59.0 Å². The van der Waals surface area contributed by atoms with Crippen LogP contribution in [0.25, 0.3) is 0 Å². The second kappa shape index (κ2) is 14.1. The molecule has 0 amide bonds. The van der Waals surface area contributed by atoms with Crippen molar-refractivity contribution in [2.24, 2.45) is 0 Å². The minimum Gasteiger partial charge on any atom is -0.394 e. The van der Waals surface area contributed by atoms with Crippen molar-refractivity contribution in [1.82, 2.24) is 9.55 Å². The van der Waals surface area contributed by atoms with Crippen LogP contribution in [0.3, 0.4) is 0 Å². The Morgan fingerprint density at radius 1 is 0.969 bits per heavy atom. The molecular formula is C9H20IN2O17P3. The van der Waals surface area contributed by atoms with E-state index in [2.05, 4.69) is 4.98 Å². The predicted molar refractivity (Wildman–Crippen MR) is 108 cm³/mol. The summed E-state index contributed by atoms with van der Waals surface area (Å²) in [6.07, 6.45) is -0.607. The highest BCUT2D eigenvalue weighted by atomic mass is 127. The minimum absolute atomic E-state index is 0.202. The van der Waals surface area contributed by atoms with Crippen molar-refractivity contribution in [2.45, 2.75) is 24.9 Å². The second-order valence-corrected chi connectivity index (χ2v) is 9.54. The third-order valence-corrected chi connectivity index (χ3v) is 3.39. The predicted octanol–water partition coefficient (Wildman–Crippen LogP) is -4.00. The van der Waals surface area contributed by atoms with Crippen molar-refractivity contribution in [2.75, 3.05) is 6.61 Å². The minimum atomic E-state index is -4.64. The van der Waals surface area contributed by atoms with E-state index < -0.39 is 53.2 Å². The van der Waals surface area contributed by atoms with E-state index in [9.17, 15) is 14.7 Å². The fourth-order valence-electron chi connectivity index (χ4n) is 1.72. The SMILES string of the molecule is O=P(O)(O)O.O=P(O)(O)O.O=P(O)(O)O.O=c1[nH]c(=O)n(C2C[C@H](O)[C@@H](CO)O2)cc1I. The Morgan fingerprint density at radius 3 is 1.66 bits per heavy atom. The molecule has 2 rings (SSSR count). The number of nitrogens with one attached hydrogen (secondary N) is 1. The van der Waals surface area contributed by atoms with E-state index in [1.54, 1.807) is 22.6 Å². The maximum absolute atomic E-state index is 11.6. The molecule has 12 N–H and O–H groups in total. The Hall–Kier alpha value is -0.380. The van der Waals surface area contributed by atoms with Crippen molar-refractivity contribution in [3.63, 3.8) is 0 Å². The Balaban J connectivity index is 0. The van der Waals surface area contributed by atoms with Crippen LogP contribution in [0.4, 0.5) is 0 Å². The zero-order chi connectivity index (χ0) is 26.1. The van der Waals surface area contributed by atoms with Gasteiger partial charge in [0.05, 0.1) is 16.3 Å². The molecule has 0 bridgehead atoms. The van der Waals surface area contributed by atoms with Gasteiger partial charge >= 0.3 is 29.2 Å². The van der Waals surface area contributed by atoms with Crippen molar-refractivity contribution in [3.8, 4) is 0 Å². The van der Waals surface area contributed by atoms with Crippen LogP contribution >= 0.6 is 46.1 Å². The van der Waals surface area contributed by atoms with Crippen LogP contribution < -0.4 is 11.2 Å². The molecule has 0 aliphatic carbocycles. The van der Waals surface area contributed by atoms with Gasteiger partial charge in [0.1, 0.15) is 12.3 Å². The number of H-pyrrole nitrogens is 1. The fraction of sp³-hybridized carbons (Fsp3) is 0.556. The molecule has 190 valence electrons. The number of aromatic amines is 1. The lowest BCUT2D eigenvalue weighted by Crippen LogP contribution is -2.33. The normalized spacial score (nSPS) is 20.7. The van der Waals surface area contributed by atoms with Crippen LogP contribution in [0.15, 0.2) is 15.8 Å². The highest BCUT2D eigenvalue weighted by Gasteiger charge is 2.35. The van der Waals surface area contributed by atoms with E-state index in [1.807, 2.05) is 0 Å². The Labute approximate surface area is 190 Å². The van der Waals surface area contributed by atoms with Gasteiger partial charge in [0, 0.05) is 12.6 Å². The zero-order valence-corrected chi connectivity index (χ0v) is 20.1. The second-order valence-electron chi connectivity index (χ2n) is 5.30. The van der Waals surface area contributed by atoms with Gasteiger partial charge in [-0.15, -0.1) is 0 Å². The first kappa shape index (κ1) is 33.8. The van der Waals surface area contributed by atoms with E-state index in [-0.39, 0.29) is 13.0 Å². The van der Waals surface area contributed by atoms with Gasteiger partial charge in [-0.05, 0) is 22.6 Å². The quantitative estimate of drug-likeness (QED) is 0.107. The summed E-state index contributed by atoms with van der Waals surface area (Å²) in [6.45, 7) is -0.313. The summed E-state index contributed by atoms with van der Waals surface area (Å²) in [4.78, 5) is 89.6. The van der Waals surface area contributed by atoms with Gasteiger partial charge in [-0.1, -0.05) is 0 Å². The number of aliphatic hydroxyl groups is 2. The lowest BCUT2D eigenvalue weighted by molar-refractivity contribution is -0.0459. The van der Waals surface area contributed by atoms with Crippen molar-refractivity contribution >= 4 is 46.1 Å². The average Bonchev–Trinajstić information content (AvgIpc) is 2.86. The van der Waals surface area contributed by atoms with E-state index in [4.69, 9.17) is 67.6 Å². The van der Waals surface area contributed by atoms with Crippen molar-refractivity contribution in [1.29, 1.82) is 0 Å². The molecular weight excluding hydrogens is 628 g/mol. The lowest BCUT2D eigenvalue weighted by Gasteiger charge is -2.14. The number of rotatable bonds is 2. The first-order valence-electron chi connectivity index (χ1n) is 7.33. The molecule has 3 atom stereocenters. The Bertz CT molecular complexity index is 888. The van der Waals surface area contributed by atoms with Crippen LogP contribution in [0.5, 0.6) is 0 Å². The van der Waals surface area contributed by atoms with Crippen LogP contribution in [0.1, 0.15) is 12.6 Å². The summed E-state index contributed by atoms with van der Waals surface area (Å²) >= 11 is 1.80. The molecule has 0 radical (unpaired) electrons. The summed E-state index contributed by atoms with van der Waals surface area (Å²) in [5.41, 5.74) is -1.05. The number of aliphatic hydroxyl groups excluding tert-OH is 2. The largest absolute Gasteiger partial charge is 0.466 e. The van der Waals surface area contributed by atoms with Gasteiger partial charge in [0.25, 0.3) is 5.56 Å². The first-order valence-corrected chi connectivity index (χ1v) is 13.1. The molecule has 1 aromatic rings. The standard InChI is InChI=1S/C9H11IN2O5.3H3O4P/c10-4-2-12(9(16)11-8(4)15)7-1-5(14)6(3-13)17-7;3*1-5(2,3)4/h2,5-7,13-14H,1,3H2,(H,11,15,16);3*(H3,1,2,3,4)/t5-,6+,7?;;;/m0.../s1. The molecule has 1 unspecified atom stereocenters. The van der Waals surface area contributed by atoms with Gasteiger partial charge in [-0.25, -0.2) is 18.5 Å². The molecule has 1 aromatic heterocycles. The van der Waals surface area contributed by atoms with Gasteiger partial charge in [-0.2, -0.15) is 0 Å². The molecule has 0 saturated carbocycles. The smallest absolute Gasteiger partial charge is 0.394 e. The number of nitrogens with zero attached hydrogens (tertiary/aromatic N) is 1. The van der Waals surface area contributed by atoms with E-state index in [0.717, 1.165) is 0 Å². The molecule has 1 aliphatic rings. The number of aromatic nitrogens is 2. The number of hydrogen-bond acceptors (Lipinski definition) is 8. The molecule has 23 heteroatoms. The maximum Gasteiger partial charge on any atom is 0.466 e. The third-order valence-electron chi connectivity index (χ3n) is 2.62. The highest BCUT2D eigenvalue weighted by Crippen LogP contribution is 2.28. The number of halogens is 1. The van der Waals surface area contributed by atoms with Gasteiger partial charge in [0.15, 0.2) is 0 Å². The van der Waals surface area contributed by atoms with E-state index in [0.29, 0.717) is 3.57 Å². The third kappa shape index (κ3) is 21.5. The van der Waals surface area contributed by atoms with Crippen molar-refractivity contribution < 1.29 is 72.7 Å². The summed E-state index contributed by atoms with van der Waals surface area (Å²) in [5, 5.41) is 18.5. The molecule has 1 saturated heterocycles. The van der Waals surface area contributed by atoms with E-state index >= 15 is 0 Å². The fourth-order valence-corrected chi connectivity index (χ4v) is 2.16. The number of ether oxygens (including phenoxy) is 1. The molecule has 19 nitrogen and oxygen atoms in total. The first-order chi connectivity index (χ1) is 14.0. The van der Waals surface area contributed by atoms with Gasteiger partial charge in [0.2, 0.25) is 0 Å². The summed E-state index contributed by atoms with van der Waals surface area (Å²) in [5.74, 6) is 0. The number of phosphoric acid groups is 3. The number of hydrogen-bond donors (Lipinski definition) is 12. The maximum atomic E-state index is 11.6. The molecule has 2 heterocycles. The van der Waals surface area contributed by atoms with Crippen molar-refractivity contribution in [3.05, 3.63) is 30.6 Å². The Kier molecular flexibility index (Phi) is 14.9. The molecule has 1 fully saturated rings. The topological polar surface area (TPSA) is 338 Å². The van der Waals surface area contributed by atoms with Gasteiger partial charge in [-0.3, -0.25) is 14.3 Å².